The fourth-order valence-corrected chi connectivity index (χ4v) is 3.24. The van der Waals surface area contributed by atoms with E-state index in [1.54, 1.807) is 25.1 Å². The van der Waals surface area contributed by atoms with E-state index in [2.05, 4.69) is 10.3 Å². The van der Waals surface area contributed by atoms with Gasteiger partial charge in [-0.2, -0.15) is 5.26 Å². The molecule has 0 saturated heterocycles. The zero-order chi connectivity index (χ0) is 21.6. The number of ketones is 1. The number of aryl methyl sites for hydroxylation is 1. The summed E-state index contributed by atoms with van der Waals surface area (Å²) in [6.45, 7) is 4.47. The molecule has 0 aliphatic heterocycles. The van der Waals surface area contributed by atoms with Crippen molar-refractivity contribution in [3.63, 3.8) is 0 Å². The first-order valence-electron chi connectivity index (χ1n) is 8.59. The molecule has 1 atom stereocenters. The zero-order valence-electron chi connectivity index (χ0n) is 16.1. The molecule has 1 aromatic carbocycles. The highest BCUT2D eigenvalue weighted by Crippen LogP contribution is 2.21. The first kappa shape index (κ1) is 21.9. The fraction of sp³-hybridized carbons (Fsp3) is 0.250. The molecule has 150 valence electrons. The molecule has 0 radical (unpaired) electrons. The Labute approximate surface area is 171 Å². The van der Waals surface area contributed by atoms with Crippen LogP contribution in [-0.4, -0.2) is 34.5 Å². The van der Waals surface area contributed by atoms with E-state index in [4.69, 9.17) is 4.74 Å². The Hall–Kier alpha value is -3.38. The van der Waals surface area contributed by atoms with E-state index < -0.39 is 18.0 Å². The number of nitrogens with zero attached hydrogens (tertiary/aromatic N) is 1. The highest BCUT2D eigenvalue weighted by atomic mass is 32.2. The number of amides is 1. The molecule has 2 aromatic rings. The molecule has 0 spiro atoms. The van der Waals surface area contributed by atoms with Crippen molar-refractivity contribution in [3.05, 3.63) is 57.4 Å². The van der Waals surface area contributed by atoms with Gasteiger partial charge in [-0.25, -0.2) is 0 Å². The molecule has 8 nitrogen and oxygen atoms in total. The standard InChI is InChI=1S/C20H19N3O5S/c1-11-7-17(25)23-20(16(11)9-21)29-10-18(26)28-13(3)19(27)22-15-6-4-5-14(8-15)12(2)24/h4-8,13H,10H2,1-3H3,(H,22,27)(H,23,25)/t13-/m0/s1. The number of aromatic amines is 1. The average molecular weight is 413 g/mol. The van der Waals surface area contributed by atoms with E-state index >= 15 is 0 Å². The molecule has 0 bridgehead atoms. The van der Waals surface area contributed by atoms with Crippen molar-refractivity contribution in [1.82, 2.24) is 4.98 Å². The van der Waals surface area contributed by atoms with Gasteiger partial charge in [0.25, 0.3) is 5.91 Å². The van der Waals surface area contributed by atoms with E-state index in [-0.39, 0.29) is 27.7 Å². The summed E-state index contributed by atoms with van der Waals surface area (Å²) in [6, 6.07) is 9.69. The second kappa shape index (κ2) is 9.71. The Bertz CT molecular complexity index is 1050. The number of H-pyrrole nitrogens is 1. The molecule has 0 aliphatic carbocycles. The van der Waals surface area contributed by atoms with Gasteiger partial charge in [0.1, 0.15) is 6.07 Å². The Balaban J connectivity index is 1.95. The van der Waals surface area contributed by atoms with Crippen molar-refractivity contribution in [3.8, 4) is 6.07 Å². The number of carbonyl (C=O) groups is 3. The summed E-state index contributed by atoms with van der Waals surface area (Å²) < 4.78 is 5.10. The maximum atomic E-state index is 12.2. The van der Waals surface area contributed by atoms with E-state index in [0.717, 1.165) is 11.8 Å². The molecule has 1 heterocycles. The van der Waals surface area contributed by atoms with E-state index in [0.29, 0.717) is 16.8 Å². The summed E-state index contributed by atoms with van der Waals surface area (Å²) >= 11 is 0.949. The van der Waals surface area contributed by atoms with E-state index in [1.165, 1.54) is 26.0 Å². The van der Waals surface area contributed by atoms with Crippen molar-refractivity contribution in [2.75, 3.05) is 11.1 Å². The Morgan fingerprint density at radius 1 is 1.31 bits per heavy atom. The summed E-state index contributed by atoms with van der Waals surface area (Å²) in [7, 11) is 0. The summed E-state index contributed by atoms with van der Waals surface area (Å²) in [5, 5.41) is 12.0. The zero-order valence-corrected chi connectivity index (χ0v) is 16.9. The lowest BCUT2D eigenvalue weighted by molar-refractivity contribution is -0.150. The fourth-order valence-electron chi connectivity index (χ4n) is 2.38. The number of hydrogen-bond donors (Lipinski definition) is 2. The smallest absolute Gasteiger partial charge is 0.317 e. The Kier molecular flexibility index (Phi) is 7.33. The number of rotatable bonds is 7. The summed E-state index contributed by atoms with van der Waals surface area (Å²) in [5.41, 5.74) is 1.27. The van der Waals surface area contributed by atoms with Crippen LogP contribution in [0, 0.1) is 18.3 Å². The number of carbonyl (C=O) groups excluding carboxylic acids is 3. The molecule has 1 aromatic heterocycles. The predicted octanol–water partition coefficient (Wildman–Crippen LogP) is 2.42. The van der Waals surface area contributed by atoms with E-state index in [9.17, 15) is 24.4 Å². The molecule has 0 saturated carbocycles. The summed E-state index contributed by atoms with van der Waals surface area (Å²) in [5.74, 6) is -1.55. The molecule has 1 amide bonds. The van der Waals surface area contributed by atoms with Crippen molar-refractivity contribution >= 4 is 35.1 Å². The molecule has 0 unspecified atom stereocenters. The van der Waals surface area contributed by atoms with Crippen LogP contribution in [0.4, 0.5) is 5.69 Å². The van der Waals surface area contributed by atoms with Crippen LogP contribution in [0.2, 0.25) is 0 Å². The third-order valence-electron chi connectivity index (χ3n) is 3.87. The second-order valence-electron chi connectivity index (χ2n) is 6.18. The van der Waals surface area contributed by atoms with Crippen LogP contribution in [0.3, 0.4) is 0 Å². The number of pyridine rings is 1. The topological polar surface area (TPSA) is 129 Å². The lowest BCUT2D eigenvalue weighted by Crippen LogP contribution is -2.30. The second-order valence-corrected chi connectivity index (χ2v) is 7.17. The Morgan fingerprint density at radius 2 is 2.03 bits per heavy atom. The van der Waals surface area contributed by atoms with Crippen LogP contribution in [0.15, 0.2) is 40.2 Å². The van der Waals surface area contributed by atoms with Gasteiger partial charge >= 0.3 is 5.97 Å². The van der Waals surface area contributed by atoms with Crippen LogP contribution >= 0.6 is 11.8 Å². The van der Waals surface area contributed by atoms with Crippen molar-refractivity contribution in [2.24, 2.45) is 0 Å². The van der Waals surface area contributed by atoms with Crippen LogP contribution in [0.1, 0.15) is 35.3 Å². The molecule has 29 heavy (non-hydrogen) atoms. The van der Waals surface area contributed by atoms with Gasteiger partial charge in [0.2, 0.25) is 5.56 Å². The van der Waals surface area contributed by atoms with Gasteiger partial charge < -0.3 is 15.0 Å². The van der Waals surface area contributed by atoms with Crippen LogP contribution in [0.5, 0.6) is 0 Å². The number of benzene rings is 1. The first-order chi connectivity index (χ1) is 13.7. The molecule has 0 fully saturated rings. The number of ether oxygens (including phenoxy) is 1. The van der Waals surface area contributed by atoms with Crippen molar-refractivity contribution in [1.29, 1.82) is 5.26 Å². The number of thioether (sulfide) groups is 1. The lowest BCUT2D eigenvalue weighted by Gasteiger charge is -2.14. The summed E-state index contributed by atoms with van der Waals surface area (Å²) in [4.78, 5) is 49.8. The monoisotopic (exact) mass is 413 g/mol. The number of nitrogens with one attached hydrogen (secondary N) is 2. The summed E-state index contributed by atoms with van der Waals surface area (Å²) in [6.07, 6.45) is -1.07. The number of nitriles is 1. The molecular formula is C20H19N3O5S. The van der Waals surface area contributed by atoms with Gasteiger partial charge in [-0.1, -0.05) is 23.9 Å². The number of esters is 1. The molecular weight excluding hydrogens is 394 g/mol. The number of hydrogen-bond acceptors (Lipinski definition) is 7. The van der Waals surface area contributed by atoms with Crippen molar-refractivity contribution in [2.45, 2.75) is 31.9 Å². The molecule has 2 rings (SSSR count). The average Bonchev–Trinajstić information content (AvgIpc) is 2.66. The minimum atomic E-state index is -1.07. The van der Waals surface area contributed by atoms with Crippen LogP contribution in [-0.2, 0) is 14.3 Å². The maximum Gasteiger partial charge on any atom is 0.317 e. The lowest BCUT2D eigenvalue weighted by atomic mass is 10.1. The minimum absolute atomic E-state index is 0.136. The van der Waals surface area contributed by atoms with Gasteiger partial charge in [-0.3, -0.25) is 19.2 Å². The highest BCUT2D eigenvalue weighted by molar-refractivity contribution is 7.99. The SMILES string of the molecule is CC(=O)c1cccc(NC(=O)[C@H](C)OC(=O)CSc2[nH]c(=O)cc(C)c2C#N)c1. The van der Waals surface area contributed by atoms with Gasteiger partial charge in [0.15, 0.2) is 11.9 Å². The van der Waals surface area contributed by atoms with Crippen LogP contribution in [0.25, 0.3) is 0 Å². The third kappa shape index (κ3) is 6.05. The quantitative estimate of drug-likeness (QED) is 0.405. The third-order valence-corrected chi connectivity index (χ3v) is 4.84. The van der Waals surface area contributed by atoms with Crippen LogP contribution < -0.4 is 10.9 Å². The van der Waals surface area contributed by atoms with E-state index in [1.807, 2.05) is 6.07 Å². The first-order valence-corrected chi connectivity index (χ1v) is 9.58. The van der Waals surface area contributed by atoms with Gasteiger partial charge in [0, 0.05) is 17.3 Å². The van der Waals surface area contributed by atoms with Crippen molar-refractivity contribution < 1.29 is 19.1 Å². The Morgan fingerprint density at radius 3 is 2.69 bits per heavy atom. The molecule has 9 heteroatoms. The predicted molar refractivity (Wildman–Crippen MR) is 108 cm³/mol. The normalized spacial score (nSPS) is 11.2. The van der Waals surface area contributed by atoms with Gasteiger partial charge in [-0.15, -0.1) is 0 Å². The number of aromatic nitrogens is 1. The van der Waals surface area contributed by atoms with Gasteiger partial charge in [0.05, 0.1) is 16.3 Å². The number of anilines is 1. The largest absolute Gasteiger partial charge is 0.452 e. The highest BCUT2D eigenvalue weighted by Gasteiger charge is 2.19. The van der Waals surface area contributed by atoms with Gasteiger partial charge in [-0.05, 0) is 38.5 Å². The molecule has 0 aliphatic rings. The minimum Gasteiger partial charge on any atom is -0.452 e. The molecule has 2 N–H and O–H groups in total. The number of Topliss-reactive ketones (excluding diaryl/α,β-unsaturated/α-hetero) is 1. The maximum absolute atomic E-state index is 12.2.